The Bertz CT molecular complexity index is 662. The molecule has 0 aromatic carbocycles. The molecule has 0 fully saturated rings. The Balaban J connectivity index is 2.08. The van der Waals surface area contributed by atoms with E-state index in [2.05, 4.69) is 25.2 Å². The van der Waals surface area contributed by atoms with Crippen LogP contribution in [0.5, 0.6) is 0 Å². The number of rotatable bonds is 7. The smallest absolute Gasteiger partial charge is 0.258 e. The summed E-state index contributed by atoms with van der Waals surface area (Å²) in [4.78, 5) is 4.22. The molecule has 0 aliphatic rings. The van der Waals surface area contributed by atoms with Gasteiger partial charge in [-0.15, -0.1) is 11.3 Å². The summed E-state index contributed by atoms with van der Waals surface area (Å²) in [5, 5.41) is 12.1. The maximum absolute atomic E-state index is 12.2. The van der Waals surface area contributed by atoms with E-state index in [-0.39, 0.29) is 11.6 Å². The van der Waals surface area contributed by atoms with Gasteiger partial charge in [-0.1, -0.05) is 6.92 Å². The van der Waals surface area contributed by atoms with Crippen molar-refractivity contribution in [3.05, 3.63) is 27.8 Å². The zero-order valence-corrected chi connectivity index (χ0v) is 12.9. The molecule has 2 heterocycles. The Morgan fingerprint density at radius 3 is 2.85 bits per heavy atom. The van der Waals surface area contributed by atoms with E-state index in [0.29, 0.717) is 12.1 Å². The topological polar surface area (TPSA) is 99.8 Å². The largest absolute Gasteiger partial charge is 0.313 e. The maximum atomic E-state index is 12.2. The molecule has 0 bridgehead atoms. The molecule has 7 nitrogen and oxygen atoms in total. The summed E-state index contributed by atoms with van der Waals surface area (Å²) >= 11 is 1.43. The first-order valence-corrected chi connectivity index (χ1v) is 8.53. The molecule has 20 heavy (non-hydrogen) atoms. The number of sulfonamides is 1. The number of aromatic nitrogens is 3. The molecule has 0 unspecified atom stereocenters. The van der Waals surface area contributed by atoms with E-state index in [1.165, 1.54) is 17.5 Å². The summed E-state index contributed by atoms with van der Waals surface area (Å²) in [6.45, 7) is 5.23. The average Bonchev–Trinajstić information content (AvgIpc) is 3.03. The van der Waals surface area contributed by atoms with E-state index in [9.17, 15) is 8.42 Å². The summed E-state index contributed by atoms with van der Waals surface area (Å²) in [6.07, 6.45) is 1.52. The van der Waals surface area contributed by atoms with Crippen molar-refractivity contribution in [2.75, 3.05) is 6.54 Å². The van der Waals surface area contributed by atoms with Gasteiger partial charge in [0.05, 0.1) is 12.7 Å². The molecule has 0 atom stereocenters. The molecule has 0 radical (unpaired) electrons. The van der Waals surface area contributed by atoms with Gasteiger partial charge < -0.3 is 5.32 Å². The highest BCUT2D eigenvalue weighted by molar-refractivity contribution is 7.89. The van der Waals surface area contributed by atoms with Gasteiger partial charge in [0.15, 0.2) is 5.03 Å². The van der Waals surface area contributed by atoms with Crippen LogP contribution in [0, 0.1) is 6.92 Å². The normalized spacial score (nSPS) is 11.9. The predicted octanol–water partition coefficient (Wildman–Crippen LogP) is 0.763. The molecule has 0 aliphatic heterocycles. The van der Waals surface area contributed by atoms with E-state index in [1.807, 2.05) is 19.2 Å². The van der Waals surface area contributed by atoms with Crippen LogP contribution >= 0.6 is 11.3 Å². The van der Waals surface area contributed by atoms with Crippen LogP contribution in [0.25, 0.3) is 0 Å². The molecule has 0 amide bonds. The number of H-pyrrole nitrogens is 1. The van der Waals surface area contributed by atoms with Gasteiger partial charge in [-0.25, -0.2) is 18.1 Å². The summed E-state index contributed by atoms with van der Waals surface area (Å²) in [5.41, 5.74) is 1.51. The third-order valence-electron chi connectivity index (χ3n) is 2.59. The standard InChI is InChI=1S/C11H17N5O2S2/c1-3-12-4-9-5-13-16-11(9)20(17,18)14-6-10-15-8(2)7-19-10/h5,7,12,14H,3-4,6H2,1-2H3,(H,13,16). The molecule has 0 aliphatic carbocycles. The number of aromatic amines is 1. The lowest BCUT2D eigenvalue weighted by atomic mass is 10.3. The van der Waals surface area contributed by atoms with Gasteiger partial charge in [0.2, 0.25) is 0 Å². The molecule has 0 saturated carbocycles. The molecule has 2 aromatic heterocycles. The lowest BCUT2D eigenvalue weighted by Gasteiger charge is -2.06. The first kappa shape index (κ1) is 15.1. The summed E-state index contributed by atoms with van der Waals surface area (Å²) in [5.74, 6) is 0. The van der Waals surface area contributed by atoms with E-state index in [0.717, 1.165) is 17.2 Å². The maximum Gasteiger partial charge on any atom is 0.258 e. The molecule has 0 saturated heterocycles. The fraction of sp³-hybridized carbons (Fsp3) is 0.455. The van der Waals surface area contributed by atoms with Gasteiger partial charge in [0, 0.05) is 23.2 Å². The van der Waals surface area contributed by atoms with Crippen molar-refractivity contribution >= 4 is 21.4 Å². The van der Waals surface area contributed by atoms with E-state index >= 15 is 0 Å². The van der Waals surface area contributed by atoms with Crippen LogP contribution < -0.4 is 10.0 Å². The molecule has 2 rings (SSSR count). The van der Waals surface area contributed by atoms with Crippen LogP contribution in [0.15, 0.2) is 16.6 Å². The highest BCUT2D eigenvalue weighted by atomic mass is 32.2. The van der Waals surface area contributed by atoms with Crippen LogP contribution in [0.2, 0.25) is 0 Å². The molecule has 2 aromatic rings. The minimum atomic E-state index is -3.61. The fourth-order valence-electron chi connectivity index (χ4n) is 1.63. The highest BCUT2D eigenvalue weighted by Gasteiger charge is 2.20. The number of nitrogens with one attached hydrogen (secondary N) is 3. The molecular formula is C11H17N5O2S2. The van der Waals surface area contributed by atoms with Gasteiger partial charge in [-0.2, -0.15) is 5.10 Å². The molecule has 9 heteroatoms. The number of thiazole rings is 1. The second-order valence-corrected chi connectivity index (χ2v) is 6.86. The van der Waals surface area contributed by atoms with E-state index in [4.69, 9.17) is 0 Å². The summed E-state index contributed by atoms with van der Waals surface area (Å²) in [7, 11) is -3.61. The third-order valence-corrected chi connectivity index (χ3v) is 4.97. The number of hydrogen-bond donors (Lipinski definition) is 3. The van der Waals surface area contributed by atoms with E-state index < -0.39 is 10.0 Å². The fourth-order valence-corrected chi connectivity index (χ4v) is 3.55. The van der Waals surface area contributed by atoms with Crippen LogP contribution in [0.1, 0.15) is 23.2 Å². The van der Waals surface area contributed by atoms with Gasteiger partial charge in [0.1, 0.15) is 5.01 Å². The molecule has 110 valence electrons. The monoisotopic (exact) mass is 315 g/mol. The minimum absolute atomic E-state index is 0.103. The number of nitrogens with zero attached hydrogens (tertiary/aromatic N) is 2. The van der Waals surface area contributed by atoms with Crippen LogP contribution in [-0.4, -0.2) is 30.1 Å². The Kier molecular flexibility index (Phi) is 4.86. The molecular weight excluding hydrogens is 298 g/mol. The Morgan fingerprint density at radius 2 is 2.20 bits per heavy atom. The van der Waals surface area contributed by atoms with Crippen LogP contribution in [0.4, 0.5) is 0 Å². The Labute approximate surface area is 121 Å². The SMILES string of the molecule is CCNCc1cn[nH]c1S(=O)(=O)NCc1nc(C)cs1. The van der Waals surface area contributed by atoms with Crippen molar-refractivity contribution in [3.8, 4) is 0 Å². The number of hydrogen-bond acceptors (Lipinski definition) is 6. The van der Waals surface area contributed by atoms with Crippen molar-refractivity contribution in [1.82, 2.24) is 25.2 Å². The molecule has 0 spiro atoms. The Hall–Kier alpha value is -1.29. The second-order valence-electron chi connectivity index (χ2n) is 4.21. The summed E-state index contributed by atoms with van der Waals surface area (Å²) in [6, 6.07) is 0. The highest BCUT2D eigenvalue weighted by Crippen LogP contribution is 2.13. The van der Waals surface area contributed by atoms with Crippen LogP contribution in [-0.2, 0) is 23.1 Å². The van der Waals surface area contributed by atoms with Crippen molar-refractivity contribution in [2.45, 2.75) is 32.0 Å². The van der Waals surface area contributed by atoms with Gasteiger partial charge in [0.25, 0.3) is 10.0 Å². The zero-order chi connectivity index (χ0) is 14.6. The van der Waals surface area contributed by atoms with Crippen molar-refractivity contribution < 1.29 is 8.42 Å². The second kappa shape index (κ2) is 6.44. The van der Waals surface area contributed by atoms with Gasteiger partial charge >= 0.3 is 0 Å². The lowest BCUT2D eigenvalue weighted by molar-refractivity contribution is 0.574. The number of aryl methyl sites for hydroxylation is 1. The predicted molar refractivity (Wildman–Crippen MR) is 76.8 cm³/mol. The lowest BCUT2D eigenvalue weighted by Crippen LogP contribution is -2.25. The summed E-state index contributed by atoms with van der Waals surface area (Å²) < 4.78 is 27.0. The minimum Gasteiger partial charge on any atom is -0.313 e. The van der Waals surface area contributed by atoms with Crippen molar-refractivity contribution in [3.63, 3.8) is 0 Å². The zero-order valence-electron chi connectivity index (χ0n) is 11.3. The van der Waals surface area contributed by atoms with Gasteiger partial charge in [-0.05, 0) is 13.5 Å². The molecule has 3 N–H and O–H groups in total. The van der Waals surface area contributed by atoms with E-state index in [1.54, 1.807) is 0 Å². The Morgan fingerprint density at radius 1 is 1.40 bits per heavy atom. The first-order chi connectivity index (χ1) is 9.53. The third kappa shape index (κ3) is 3.63. The van der Waals surface area contributed by atoms with Gasteiger partial charge in [-0.3, -0.25) is 5.10 Å². The van der Waals surface area contributed by atoms with Crippen LogP contribution in [0.3, 0.4) is 0 Å². The average molecular weight is 315 g/mol. The quantitative estimate of drug-likeness (QED) is 0.700. The van der Waals surface area contributed by atoms with Crippen molar-refractivity contribution in [2.24, 2.45) is 0 Å². The van der Waals surface area contributed by atoms with Crippen molar-refractivity contribution in [1.29, 1.82) is 0 Å². The first-order valence-electron chi connectivity index (χ1n) is 6.16.